The highest BCUT2D eigenvalue weighted by Gasteiger charge is 2.10. The zero-order valence-electron chi connectivity index (χ0n) is 9.00. The van der Waals surface area contributed by atoms with Crippen molar-refractivity contribution in [3.05, 3.63) is 17.0 Å². The van der Waals surface area contributed by atoms with Crippen molar-refractivity contribution in [3.8, 4) is 0 Å². The van der Waals surface area contributed by atoms with Crippen LogP contribution in [-0.2, 0) is 6.54 Å². The summed E-state index contributed by atoms with van der Waals surface area (Å²) in [5.41, 5.74) is 2.01. The number of hydrogen-bond acceptors (Lipinski definition) is 4. The van der Waals surface area contributed by atoms with E-state index in [0.717, 1.165) is 23.4 Å². The minimum absolute atomic E-state index is 0.156. The van der Waals surface area contributed by atoms with Crippen LogP contribution in [0.1, 0.15) is 30.4 Å². The third-order valence-corrected chi connectivity index (χ3v) is 2.46. The summed E-state index contributed by atoms with van der Waals surface area (Å²) in [6, 6.07) is 0.156. The Labute approximate surface area is 84.3 Å². The van der Waals surface area contributed by atoms with E-state index in [1.165, 1.54) is 0 Å². The third-order valence-electron chi connectivity index (χ3n) is 2.46. The van der Waals surface area contributed by atoms with Crippen molar-refractivity contribution >= 4 is 0 Å². The molecule has 0 radical (unpaired) electrons. The molecule has 0 aliphatic rings. The summed E-state index contributed by atoms with van der Waals surface area (Å²) in [5, 5.41) is 16.1. The van der Waals surface area contributed by atoms with Crippen LogP contribution in [0.4, 0.5) is 0 Å². The Morgan fingerprint density at radius 3 is 2.64 bits per heavy atom. The van der Waals surface area contributed by atoms with Gasteiger partial charge < -0.3 is 14.9 Å². The van der Waals surface area contributed by atoms with Crippen molar-refractivity contribution in [2.45, 2.75) is 39.8 Å². The van der Waals surface area contributed by atoms with E-state index in [1.54, 1.807) is 0 Å². The van der Waals surface area contributed by atoms with E-state index in [1.807, 2.05) is 20.8 Å². The Morgan fingerprint density at radius 1 is 1.50 bits per heavy atom. The second kappa shape index (κ2) is 5.12. The van der Waals surface area contributed by atoms with Crippen molar-refractivity contribution in [1.82, 2.24) is 10.5 Å². The number of nitrogens with zero attached hydrogens (tertiary/aromatic N) is 1. The van der Waals surface area contributed by atoms with Crippen molar-refractivity contribution in [1.29, 1.82) is 0 Å². The second-order valence-corrected chi connectivity index (χ2v) is 3.47. The van der Waals surface area contributed by atoms with Gasteiger partial charge in [-0.1, -0.05) is 12.1 Å². The fraction of sp³-hybridized carbons (Fsp3) is 0.700. The molecule has 0 saturated heterocycles. The first-order valence-electron chi connectivity index (χ1n) is 4.95. The molecule has 2 N–H and O–H groups in total. The maximum Gasteiger partial charge on any atom is 0.138 e. The molecule has 0 amide bonds. The number of aliphatic hydroxyl groups is 1. The minimum atomic E-state index is 0.156. The summed E-state index contributed by atoms with van der Waals surface area (Å²) in [4.78, 5) is 0. The minimum Gasteiger partial charge on any atom is -0.395 e. The number of hydrogen-bond donors (Lipinski definition) is 2. The number of nitrogens with one attached hydrogen (secondary N) is 1. The molecule has 1 aromatic heterocycles. The van der Waals surface area contributed by atoms with Crippen LogP contribution in [0.2, 0.25) is 0 Å². The molecule has 0 aliphatic carbocycles. The molecule has 0 spiro atoms. The first-order chi connectivity index (χ1) is 6.69. The van der Waals surface area contributed by atoms with Crippen molar-refractivity contribution in [2.24, 2.45) is 0 Å². The Bertz CT molecular complexity index is 260. The van der Waals surface area contributed by atoms with Crippen molar-refractivity contribution in [3.63, 3.8) is 0 Å². The highest BCUT2D eigenvalue weighted by atomic mass is 16.5. The average molecular weight is 198 g/mol. The van der Waals surface area contributed by atoms with Crippen LogP contribution < -0.4 is 5.32 Å². The molecule has 1 heterocycles. The van der Waals surface area contributed by atoms with E-state index < -0.39 is 0 Å². The lowest BCUT2D eigenvalue weighted by Crippen LogP contribution is -2.31. The Hall–Kier alpha value is -0.870. The predicted molar refractivity (Wildman–Crippen MR) is 54.0 cm³/mol. The first-order valence-corrected chi connectivity index (χ1v) is 4.95. The smallest absolute Gasteiger partial charge is 0.138 e. The van der Waals surface area contributed by atoms with Gasteiger partial charge in [-0.25, -0.2) is 0 Å². The molecule has 4 nitrogen and oxygen atoms in total. The molecule has 0 saturated carbocycles. The standard InChI is InChI=1S/C10H18N2O2/c1-4-9(6-13)11-5-10-7(2)12-14-8(10)3/h9,11,13H,4-6H2,1-3H3. The van der Waals surface area contributed by atoms with E-state index in [2.05, 4.69) is 10.5 Å². The molecular weight excluding hydrogens is 180 g/mol. The quantitative estimate of drug-likeness (QED) is 0.745. The summed E-state index contributed by atoms with van der Waals surface area (Å²) >= 11 is 0. The molecule has 1 unspecified atom stereocenters. The average Bonchev–Trinajstić information content (AvgIpc) is 2.50. The maximum absolute atomic E-state index is 8.99. The highest BCUT2D eigenvalue weighted by Crippen LogP contribution is 2.11. The van der Waals surface area contributed by atoms with E-state index in [-0.39, 0.29) is 12.6 Å². The lowest BCUT2D eigenvalue weighted by atomic mass is 10.2. The maximum atomic E-state index is 8.99. The SMILES string of the molecule is CCC(CO)NCc1c(C)noc1C. The van der Waals surface area contributed by atoms with Crippen LogP contribution in [-0.4, -0.2) is 22.9 Å². The molecule has 14 heavy (non-hydrogen) atoms. The van der Waals surface area contributed by atoms with Gasteiger partial charge in [0.25, 0.3) is 0 Å². The Kier molecular flexibility index (Phi) is 4.10. The van der Waals surface area contributed by atoms with Crippen LogP contribution in [0.25, 0.3) is 0 Å². The summed E-state index contributed by atoms with van der Waals surface area (Å²) in [6.45, 7) is 6.74. The van der Waals surface area contributed by atoms with Gasteiger partial charge in [0.1, 0.15) is 5.76 Å². The lowest BCUT2D eigenvalue weighted by molar-refractivity contribution is 0.238. The molecule has 0 fully saturated rings. The van der Waals surface area contributed by atoms with Crippen molar-refractivity contribution < 1.29 is 9.63 Å². The molecule has 0 aliphatic heterocycles. The Balaban J connectivity index is 2.52. The fourth-order valence-corrected chi connectivity index (χ4v) is 1.34. The van der Waals surface area contributed by atoms with Gasteiger partial charge in [0.15, 0.2) is 0 Å². The van der Waals surface area contributed by atoms with E-state index >= 15 is 0 Å². The zero-order valence-corrected chi connectivity index (χ0v) is 9.00. The first kappa shape index (κ1) is 11.2. The normalized spacial score (nSPS) is 13.1. The largest absolute Gasteiger partial charge is 0.395 e. The number of aromatic nitrogens is 1. The van der Waals surface area contributed by atoms with Gasteiger partial charge in [0.2, 0.25) is 0 Å². The van der Waals surface area contributed by atoms with Crippen LogP contribution >= 0.6 is 0 Å². The van der Waals surface area contributed by atoms with Crippen LogP contribution in [0.3, 0.4) is 0 Å². The molecule has 80 valence electrons. The van der Waals surface area contributed by atoms with Crippen LogP contribution in [0.15, 0.2) is 4.52 Å². The molecule has 1 atom stereocenters. The van der Waals surface area contributed by atoms with Crippen LogP contribution in [0, 0.1) is 13.8 Å². The molecule has 1 rings (SSSR count). The Morgan fingerprint density at radius 2 is 2.21 bits per heavy atom. The monoisotopic (exact) mass is 198 g/mol. The third kappa shape index (κ3) is 2.56. The van der Waals surface area contributed by atoms with Gasteiger partial charge in [-0.15, -0.1) is 0 Å². The summed E-state index contributed by atoms with van der Waals surface area (Å²) < 4.78 is 5.04. The summed E-state index contributed by atoms with van der Waals surface area (Å²) in [7, 11) is 0. The van der Waals surface area contributed by atoms with Gasteiger partial charge in [0, 0.05) is 18.2 Å². The lowest BCUT2D eigenvalue weighted by Gasteiger charge is -2.13. The van der Waals surface area contributed by atoms with Gasteiger partial charge >= 0.3 is 0 Å². The predicted octanol–water partition coefficient (Wildman–Crippen LogP) is 1.15. The van der Waals surface area contributed by atoms with Gasteiger partial charge in [-0.2, -0.15) is 0 Å². The van der Waals surface area contributed by atoms with E-state index in [0.29, 0.717) is 6.54 Å². The highest BCUT2D eigenvalue weighted by molar-refractivity contribution is 5.20. The molecule has 0 aromatic carbocycles. The van der Waals surface area contributed by atoms with Crippen molar-refractivity contribution in [2.75, 3.05) is 6.61 Å². The van der Waals surface area contributed by atoms with Gasteiger partial charge in [-0.3, -0.25) is 0 Å². The molecule has 4 heteroatoms. The van der Waals surface area contributed by atoms with E-state index in [4.69, 9.17) is 9.63 Å². The summed E-state index contributed by atoms with van der Waals surface area (Å²) in [5.74, 6) is 0.850. The second-order valence-electron chi connectivity index (χ2n) is 3.47. The van der Waals surface area contributed by atoms with Gasteiger partial charge in [0.05, 0.1) is 12.3 Å². The van der Waals surface area contributed by atoms with E-state index in [9.17, 15) is 0 Å². The summed E-state index contributed by atoms with van der Waals surface area (Å²) in [6.07, 6.45) is 0.917. The fourth-order valence-electron chi connectivity index (χ4n) is 1.34. The topological polar surface area (TPSA) is 58.3 Å². The van der Waals surface area contributed by atoms with Gasteiger partial charge in [-0.05, 0) is 20.3 Å². The molecule has 0 bridgehead atoms. The zero-order chi connectivity index (χ0) is 10.6. The van der Waals surface area contributed by atoms with Crippen LogP contribution in [0.5, 0.6) is 0 Å². The molecular formula is C10H18N2O2. The number of aryl methyl sites for hydroxylation is 2. The molecule has 1 aromatic rings. The number of aliphatic hydroxyl groups excluding tert-OH is 1. The number of rotatable bonds is 5.